The molecule has 0 spiro atoms. The highest BCUT2D eigenvalue weighted by molar-refractivity contribution is 6.31. The van der Waals surface area contributed by atoms with E-state index in [1.54, 1.807) is 0 Å². The zero-order valence-corrected chi connectivity index (χ0v) is 11.7. The lowest BCUT2D eigenvalue weighted by atomic mass is 10.3. The topological polar surface area (TPSA) is 47.7 Å². The Balaban J connectivity index is 2.22. The Kier molecular flexibility index (Phi) is 4.04. The lowest BCUT2D eigenvalue weighted by molar-refractivity contribution is 0.575. The van der Waals surface area contributed by atoms with Crippen LogP contribution in [0.1, 0.15) is 23.9 Å². The zero-order chi connectivity index (χ0) is 13.1. The molecule has 0 atom stereocenters. The molecular weight excluding hydrogens is 250 g/mol. The van der Waals surface area contributed by atoms with Crippen molar-refractivity contribution in [1.29, 1.82) is 0 Å². The minimum atomic E-state index is 0.650. The number of nitrogens with zero attached hydrogens (tertiary/aromatic N) is 4. The molecule has 6 heteroatoms. The predicted octanol–water partition coefficient (Wildman–Crippen LogP) is 1.83. The Labute approximate surface area is 112 Å². The number of nitrogens with one attached hydrogen (secondary N) is 1. The molecule has 0 bridgehead atoms. The molecule has 0 aromatic carbocycles. The average molecular weight is 268 g/mol. The monoisotopic (exact) mass is 267 g/mol. The second-order valence-corrected chi connectivity index (χ2v) is 4.62. The zero-order valence-electron chi connectivity index (χ0n) is 10.9. The van der Waals surface area contributed by atoms with Crippen LogP contribution >= 0.6 is 11.6 Å². The van der Waals surface area contributed by atoms with Crippen LogP contribution in [0.2, 0.25) is 5.02 Å². The van der Waals surface area contributed by atoms with E-state index in [2.05, 4.69) is 22.4 Å². The van der Waals surface area contributed by atoms with Gasteiger partial charge >= 0.3 is 0 Å². The van der Waals surface area contributed by atoms with Gasteiger partial charge in [0.1, 0.15) is 0 Å². The highest BCUT2D eigenvalue weighted by Crippen LogP contribution is 2.21. The molecule has 0 unspecified atom stereocenters. The molecule has 0 radical (unpaired) electrons. The lowest BCUT2D eigenvalue weighted by Crippen LogP contribution is -2.09. The molecule has 1 N–H and O–H groups in total. The van der Waals surface area contributed by atoms with Gasteiger partial charge in [0.15, 0.2) is 0 Å². The number of rotatable bonds is 5. The molecular formula is C12H18ClN5. The van der Waals surface area contributed by atoms with Crippen molar-refractivity contribution >= 4 is 11.6 Å². The van der Waals surface area contributed by atoms with E-state index in [1.807, 2.05) is 35.7 Å². The molecule has 0 saturated heterocycles. The Morgan fingerprint density at radius 1 is 1.44 bits per heavy atom. The summed E-state index contributed by atoms with van der Waals surface area (Å²) in [6.45, 7) is 6.26. The van der Waals surface area contributed by atoms with E-state index >= 15 is 0 Å². The van der Waals surface area contributed by atoms with E-state index < -0.39 is 0 Å². The molecule has 0 fully saturated rings. The third kappa shape index (κ3) is 2.57. The van der Waals surface area contributed by atoms with Crippen LogP contribution < -0.4 is 5.32 Å². The normalized spacial score (nSPS) is 11.1. The number of aromatic nitrogens is 4. The summed E-state index contributed by atoms with van der Waals surface area (Å²) in [5, 5.41) is 12.6. The van der Waals surface area contributed by atoms with Gasteiger partial charge in [-0.25, -0.2) is 0 Å². The van der Waals surface area contributed by atoms with Crippen molar-refractivity contribution in [2.45, 2.75) is 33.5 Å². The summed E-state index contributed by atoms with van der Waals surface area (Å²) >= 11 is 6.27. The smallest absolute Gasteiger partial charge is 0.0866 e. The van der Waals surface area contributed by atoms with Gasteiger partial charge in [0.05, 0.1) is 29.2 Å². The first-order valence-corrected chi connectivity index (χ1v) is 6.41. The van der Waals surface area contributed by atoms with Crippen LogP contribution in [0.5, 0.6) is 0 Å². The fourth-order valence-corrected chi connectivity index (χ4v) is 2.16. The lowest BCUT2D eigenvalue weighted by Gasteiger charge is -2.05. The van der Waals surface area contributed by atoms with Gasteiger partial charge in [-0.05, 0) is 20.9 Å². The highest BCUT2D eigenvalue weighted by atomic mass is 35.5. The molecule has 98 valence electrons. The summed E-state index contributed by atoms with van der Waals surface area (Å²) in [6, 6.07) is 0. The predicted molar refractivity (Wildman–Crippen MR) is 71.7 cm³/mol. The molecule has 0 aliphatic heterocycles. The second-order valence-electron chi connectivity index (χ2n) is 4.24. The molecule has 0 aliphatic rings. The van der Waals surface area contributed by atoms with Crippen molar-refractivity contribution in [2.24, 2.45) is 0 Å². The molecule has 2 heterocycles. The molecule has 2 aromatic heterocycles. The van der Waals surface area contributed by atoms with E-state index in [0.717, 1.165) is 35.1 Å². The van der Waals surface area contributed by atoms with Crippen LogP contribution in [0.4, 0.5) is 0 Å². The molecule has 5 nitrogen and oxygen atoms in total. The van der Waals surface area contributed by atoms with Gasteiger partial charge in [0.2, 0.25) is 0 Å². The molecule has 0 saturated carbocycles. The molecule has 2 aromatic rings. The number of hydrogen-bond acceptors (Lipinski definition) is 3. The van der Waals surface area contributed by atoms with Crippen LogP contribution in [0.3, 0.4) is 0 Å². The maximum absolute atomic E-state index is 6.27. The van der Waals surface area contributed by atoms with Crippen molar-refractivity contribution in [2.75, 3.05) is 7.05 Å². The van der Waals surface area contributed by atoms with Gasteiger partial charge in [0, 0.05) is 24.8 Å². The van der Waals surface area contributed by atoms with Gasteiger partial charge in [-0.15, -0.1) is 0 Å². The Bertz CT molecular complexity index is 529. The van der Waals surface area contributed by atoms with E-state index in [4.69, 9.17) is 11.6 Å². The number of halogens is 1. The molecule has 0 aliphatic carbocycles. The standard InChI is InChI=1S/C12H18ClN5/c1-4-18-11(12(13)9(2)16-18)8-17-7-10(5-14-3)6-15-17/h6-7,14H,4-5,8H2,1-3H3. The molecule has 18 heavy (non-hydrogen) atoms. The van der Waals surface area contributed by atoms with Gasteiger partial charge in [-0.1, -0.05) is 11.6 Å². The summed E-state index contributed by atoms with van der Waals surface area (Å²) in [5.74, 6) is 0. The SMILES string of the molecule is CCn1nc(C)c(Cl)c1Cn1cc(CNC)cn1. The minimum Gasteiger partial charge on any atom is -0.316 e. The molecule has 2 rings (SSSR count). The second kappa shape index (κ2) is 5.54. The summed E-state index contributed by atoms with van der Waals surface area (Å²) in [7, 11) is 1.92. The number of aryl methyl sites for hydroxylation is 2. The average Bonchev–Trinajstić information content (AvgIpc) is 2.90. The van der Waals surface area contributed by atoms with Gasteiger partial charge in [-0.3, -0.25) is 9.36 Å². The first-order valence-electron chi connectivity index (χ1n) is 6.03. The van der Waals surface area contributed by atoms with Crippen molar-refractivity contribution in [3.05, 3.63) is 34.4 Å². The summed E-state index contributed by atoms with van der Waals surface area (Å²) < 4.78 is 3.82. The van der Waals surface area contributed by atoms with Crippen LogP contribution in [-0.2, 0) is 19.6 Å². The van der Waals surface area contributed by atoms with Crippen molar-refractivity contribution in [1.82, 2.24) is 24.9 Å². The third-order valence-electron chi connectivity index (χ3n) is 2.83. The quantitative estimate of drug-likeness (QED) is 0.899. The van der Waals surface area contributed by atoms with Crippen molar-refractivity contribution in [3.8, 4) is 0 Å². The van der Waals surface area contributed by atoms with Crippen LogP contribution in [0.25, 0.3) is 0 Å². The van der Waals surface area contributed by atoms with Crippen molar-refractivity contribution < 1.29 is 0 Å². The first-order chi connectivity index (χ1) is 8.65. The van der Waals surface area contributed by atoms with Crippen molar-refractivity contribution in [3.63, 3.8) is 0 Å². The summed E-state index contributed by atoms with van der Waals surface area (Å²) in [6.07, 6.45) is 3.89. The van der Waals surface area contributed by atoms with Gasteiger partial charge in [0.25, 0.3) is 0 Å². The van der Waals surface area contributed by atoms with E-state index in [-0.39, 0.29) is 0 Å². The van der Waals surface area contributed by atoms with E-state index in [9.17, 15) is 0 Å². The summed E-state index contributed by atoms with van der Waals surface area (Å²) in [4.78, 5) is 0. The Morgan fingerprint density at radius 3 is 2.89 bits per heavy atom. The largest absolute Gasteiger partial charge is 0.316 e. The molecule has 0 amide bonds. The van der Waals surface area contributed by atoms with E-state index in [0.29, 0.717) is 6.54 Å². The van der Waals surface area contributed by atoms with Crippen LogP contribution in [0.15, 0.2) is 12.4 Å². The summed E-state index contributed by atoms with van der Waals surface area (Å²) in [5.41, 5.74) is 3.04. The fraction of sp³-hybridized carbons (Fsp3) is 0.500. The maximum atomic E-state index is 6.27. The third-order valence-corrected chi connectivity index (χ3v) is 3.32. The van der Waals surface area contributed by atoms with Crippen LogP contribution in [0, 0.1) is 6.92 Å². The van der Waals surface area contributed by atoms with E-state index in [1.165, 1.54) is 0 Å². The highest BCUT2D eigenvalue weighted by Gasteiger charge is 2.13. The Morgan fingerprint density at radius 2 is 2.22 bits per heavy atom. The maximum Gasteiger partial charge on any atom is 0.0866 e. The Hall–Kier alpha value is -1.33. The minimum absolute atomic E-state index is 0.650. The van der Waals surface area contributed by atoms with Gasteiger partial charge < -0.3 is 5.32 Å². The van der Waals surface area contributed by atoms with Gasteiger partial charge in [-0.2, -0.15) is 10.2 Å². The van der Waals surface area contributed by atoms with Crippen LogP contribution in [-0.4, -0.2) is 26.6 Å². The number of hydrogen-bond donors (Lipinski definition) is 1. The first kappa shape index (κ1) is 13.1. The fourth-order valence-electron chi connectivity index (χ4n) is 1.96.